The molecule has 4 rings (SSSR count). The molecule has 0 bridgehead atoms. The van der Waals surface area contributed by atoms with Gasteiger partial charge in [-0.2, -0.15) is 5.10 Å². The van der Waals surface area contributed by atoms with Crippen molar-refractivity contribution in [1.82, 2.24) is 14.3 Å². The first-order valence-electron chi connectivity index (χ1n) is 11.0. The van der Waals surface area contributed by atoms with Gasteiger partial charge >= 0.3 is 0 Å². The number of aryl methyl sites for hydroxylation is 2. The normalized spacial score (nSPS) is 10.8. The minimum absolute atomic E-state index is 0.274. The van der Waals surface area contributed by atoms with Crippen molar-refractivity contribution in [3.05, 3.63) is 83.8 Å². The van der Waals surface area contributed by atoms with E-state index in [1.165, 1.54) is 0 Å². The first-order valence-corrected chi connectivity index (χ1v) is 11.0. The van der Waals surface area contributed by atoms with Crippen LogP contribution in [0.5, 0.6) is 11.5 Å². The number of carbonyl (C=O) groups excluding carboxylic acids is 1. The van der Waals surface area contributed by atoms with Gasteiger partial charge in [-0.3, -0.25) is 4.79 Å². The van der Waals surface area contributed by atoms with E-state index in [2.05, 4.69) is 5.32 Å². The Morgan fingerprint density at radius 3 is 2.33 bits per heavy atom. The summed E-state index contributed by atoms with van der Waals surface area (Å²) in [6, 6.07) is 17.3. The summed E-state index contributed by atoms with van der Waals surface area (Å²) >= 11 is 0. The molecule has 1 N–H and O–H groups in total. The van der Waals surface area contributed by atoms with Gasteiger partial charge in [0.05, 0.1) is 30.3 Å². The van der Waals surface area contributed by atoms with E-state index in [4.69, 9.17) is 14.6 Å². The molecule has 0 saturated carbocycles. The van der Waals surface area contributed by atoms with E-state index in [0.29, 0.717) is 47.5 Å². The number of benzene rings is 2. The summed E-state index contributed by atoms with van der Waals surface area (Å²) in [7, 11) is 0. The number of amides is 1. The molecule has 7 heteroatoms. The number of anilines is 1. The van der Waals surface area contributed by atoms with Crippen LogP contribution in [0.2, 0.25) is 0 Å². The van der Waals surface area contributed by atoms with Gasteiger partial charge in [-0.25, -0.2) is 4.68 Å². The maximum atomic E-state index is 13.6. The number of carbonyl (C=O) groups is 1. The number of nitrogens with zero attached hydrogens (tertiary/aromatic N) is 3. The van der Waals surface area contributed by atoms with Crippen molar-refractivity contribution in [3.63, 3.8) is 0 Å². The molecule has 0 aliphatic carbocycles. The number of hydrogen-bond donors (Lipinski definition) is 1. The number of nitrogens with one attached hydrogen (secondary N) is 1. The lowest BCUT2D eigenvalue weighted by Crippen LogP contribution is -2.17. The van der Waals surface area contributed by atoms with Gasteiger partial charge in [-0.1, -0.05) is 17.7 Å². The molecule has 4 aromatic rings. The van der Waals surface area contributed by atoms with E-state index in [-0.39, 0.29) is 5.91 Å². The zero-order valence-electron chi connectivity index (χ0n) is 19.3. The zero-order valence-corrected chi connectivity index (χ0v) is 19.3. The number of rotatable bonds is 8. The van der Waals surface area contributed by atoms with Crippen LogP contribution in [-0.4, -0.2) is 33.5 Å². The van der Waals surface area contributed by atoms with E-state index < -0.39 is 0 Å². The van der Waals surface area contributed by atoms with Crippen LogP contribution in [-0.2, 0) is 0 Å². The second kappa shape index (κ2) is 9.65. The van der Waals surface area contributed by atoms with Gasteiger partial charge in [0, 0.05) is 18.5 Å². The van der Waals surface area contributed by atoms with E-state index in [9.17, 15) is 4.79 Å². The van der Waals surface area contributed by atoms with Crippen molar-refractivity contribution in [2.24, 2.45) is 0 Å². The van der Waals surface area contributed by atoms with Crippen molar-refractivity contribution in [3.8, 4) is 23.0 Å². The molecule has 2 heterocycles. The Balaban J connectivity index is 1.79. The third kappa shape index (κ3) is 4.62. The van der Waals surface area contributed by atoms with Crippen LogP contribution in [0.25, 0.3) is 11.5 Å². The Morgan fingerprint density at radius 1 is 0.970 bits per heavy atom. The summed E-state index contributed by atoms with van der Waals surface area (Å²) in [6.07, 6.45) is 3.80. The van der Waals surface area contributed by atoms with Crippen molar-refractivity contribution < 1.29 is 14.3 Å². The second-order valence-electron chi connectivity index (χ2n) is 7.60. The lowest BCUT2D eigenvalue weighted by molar-refractivity contribution is 0.102. The average molecular weight is 445 g/mol. The second-order valence-corrected chi connectivity index (χ2v) is 7.60. The highest BCUT2D eigenvalue weighted by molar-refractivity contribution is 6.08. The van der Waals surface area contributed by atoms with Crippen LogP contribution in [0.15, 0.2) is 67.0 Å². The van der Waals surface area contributed by atoms with Crippen molar-refractivity contribution in [1.29, 1.82) is 0 Å². The molecular formula is C26H28N4O3. The molecule has 0 aliphatic rings. The van der Waals surface area contributed by atoms with Crippen LogP contribution in [0, 0.1) is 13.8 Å². The monoisotopic (exact) mass is 444 g/mol. The van der Waals surface area contributed by atoms with E-state index in [1.807, 2.05) is 87.1 Å². The van der Waals surface area contributed by atoms with Crippen LogP contribution < -0.4 is 14.8 Å². The summed E-state index contributed by atoms with van der Waals surface area (Å²) < 4.78 is 15.0. The van der Waals surface area contributed by atoms with E-state index in [0.717, 1.165) is 11.3 Å². The molecule has 0 atom stereocenters. The molecule has 0 spiro atoms. The fourth-order valence-corrected chi connectivity index (χ4v) is 3.69. The van der Waals surface area contributed by atoms with Crippen molar-refractivity contribution in [2.75, 3.05) is 18.5 Å². The third-order valence-electron chi connectivity index (χ3n) is 5.20. The summed E-state index contributed by atoms with van der Waals surface area (Å²) in [4.78, 5) is 13.6. The van der Waals surface area contributed by atoms with Crippen LogP contribution in [0.1, 0.15) is 35.5 Å². The lowest BCUT2D eigenvalue weighted by atomic mass is 10.2. The van der Waals surface area contributed by atoms with E-state index >= 15 is 0 Å². The molecule has 33 heavy (non-hydrogen) atoms. The Hall–Kier alpha value is -4.00. The number of ether oxygens (including phenoxy) is 2. The maximum Gasteiger partial charge on any atom is 0.261 e. The largest absolute Gasteiger partial charge is 0.494 e. The van der Waals surface area contributed by atoms with Crippen LogP contribution in [0.3, 0.4) is 0 Å². The Bertz CT molecular complexity index is 1240. The molecule has 0 saturated heterocycles. The predicted octanol–water partition coefficient (Wildman–Crippen LogP) is 5.33. The molecular weight excluding hydrogens is 416 g/mol. The van der Waals surface area contributed by atoms with Crippen LogP contribution in [0.4, 0.5) is 5.69 Å². The molecule has 2 aromatic heterocycles. The molecule has 7 nitrogen and oxygen atoms in total. The van der Waals surface area contributed by atoms with Crippen molar-refractivity contribution >= 4 is 11.6 Å². The Kier molecular flexibility index (Phi) is 6.49. The minimum atomic E-state index is -0.274. The smallest absolute Gasteiger partial charge is 0.261 e. The fourth-order valence-electron chi connectivity index (χ4n) is 3.69. The Labute approximate surface area is 193 Å². The number of aromatic nitrogens is 3. The summed E-state index contributed by atoms with van der Waals surface area (Å²) in [5.41, 5.74) is 3.68. The van der Waals surface area contributed by atoms with Gasteiger partial charge in [0.1, 0.15) is 17.1 Å². The van der Waals surface area contributed by atoms with Gasteiger partial charge in [0.2, 0.25) is 0 Å². The third-order valence-corrected chi connectivity index (χ3v) is 5.20. The van der Waals surface area contributed by atoms with Crippen molar-refractivity contribution in [2.45, 2.75) is 27.7 Å². The Morgan fingerprint density at radius 2 is 1.67 bits per heavy atom. The van der Waals surface area contributed by atoms with E-state index in [1.54, 1.807) is 16.8 Å². The maximum absolute atomic E-state index is 13.6. The first kappa shape index (κ1) is 22.2. The highest BCUT2D eigenvalue weighted by Crippen LogP contribution is 2.31. The zero-order chi connectivity index (χ0) is 23.4. The molecule has 0 radical (unpaired) electrons. The summed E-state index contributed by atoms with van der Waals surface area (Å²) in [6.45, 7) is 8.71. The molecule has 2 aromatic carbocycles. The molecule has 1 amide bonds. The highest BCUT2D eigenvalue weighted by atomic mass is 16.5. The minimum Gasteiger partial charge on any atom is -0.494 e. The molecule has 170 valence electrons. The van der Waals surface area contributed by atoms with Gasteiger partial charge in [0.15, 0.2) is 5.82 Å². The predicted molar refractivity (Wildman–Crippen MR) is 129 cm³/mol. The lowest BCUT2D eigenvalue weighted by Gasteiger charge is -2.15. The average Bonchev–Trinajstić information content (AvgIpc) is 3.44. The standard InChI is InChI=1S/C26H28N4O3/c1-5-32-21-13-14-23(33-6-2)22(17-21)27-25(31)24-19(4)28-30(20-11-9-18(3)10-12-20)26(24)29-15-7-8-16-29/h7-17H,5-6H2,1-4H3,(H,27,31). The quantitative estimate of drug-likeness (QED) is 0.399. The SMILES string of the molecule is CCOc1ccc(OCC)c(NC(=O)c2c(C)nn(-c3ccc(C)cc3)c2-n2cccc2)c1. The first-order chi connectivity index (χ1) is 16.0. The highest BCUT2D eigenvalue weighted by Gasteiger charge is 2.24. The molecule has 0 unspecified atom stereocenters. The van der Waals surface area contributed by atoms with Gasteiger partial charge in [-0.15, -0.1) is 0 Å². The topological polar surface area (TPSA) is 70.3 Å². The van der Waals surface area contributed by atoms with Gasteiger partial charge < -0.3 is 19.4 Å². The van der Waals surface area contributed by atoms with Gasteiger partial charge in [0.25, 0.3) is 5.91 Å². The fraction of sp³-hybridized carbons (Fsp3) is 0.231. The summed E-state index contributed by atoms with van der Waals surface area (Å²) in [5.74, 6) is 1.64. The number of hydrogen-bond acceptors (Lipinski definition) is 4. The van der Waals surface area contributed by atoms with Gasteiger partial charge in [-0.05, 0) is 64.1 Å². The van der Waals surface area contributed by atoms with Crippen LogP contribution >= 0.6 is 0 Å². The molecule has 0 aliphatic heterocycles. The summed E-state index contributed by atoms with van der Waals surface area (Å²) in [5, 5.41) is 7.73. The molecule has 0 fully saturated rings.